The maximum atomic E-state index is 5.50. The molecule has 0 N–H and O–H groups in total. The second-order valence-electron chi connectivity index (χ2n) is 3.35. The van der Waals surface area contributed by atoms with E-state index in [0.29, 0.717) is 0 Å². The van der Waals surface area contributed by atoms with E-state index in [1.54, 1.807) is 0 Å². The molecule has 0 spiro atoms. The van der Waals surface area contributed by atoms with Crippen LogP contribution in [0, 0.1) is 5.92 Å². The molecule has 0 fully saturated rings. The van der Waals surface area contributed by atoms with Crippen molar-refractivity contribution < 1.29 is 9.16 Å². The zero-order chi connectivity index (χ0) is 9.23. The van der Waals surface area contributed by atoms with Gasteiger partial charge in [0.2, 0.25) is 0 Å². The molecule has 0 unspecified atom stereocenters. The molecule has 0 aliphatic heterocycles. The molecule has 12 heavy (non-hydrogen) atoms. The van der Waals surface area contributed by atoms with Crippen molar-refractivity contribution >= 4 is 9.76 Å². The van der Waals surface area contributed by atoms with Gasteiger partial charge in [0.15, 0.2) is 9.76 Å². The largest absolute Gasteiger partial charge is 0.422 e. The summed E-state index contributed by atoms with van der Waals surface area (Å²) in [6.45, 7) is 8.90. The van der Waals surface area contributed by atoms with Crippen LogP contribution >= 0.6 is 0 Å². The number of hydrogen-bond acceptors (Lipinski definition) is 2. The Morgan fingerprint density at radius 1 is 1.25 bits per heavy atom. The van der Waals surface area contributed by atoms with E-state index < -0.39 is 0 Å². The monoisotopic (exact) mass is 190 g/mol. The lowest BCUT2D eigenvalue weighted by Crippen LogP contribution is -2.07. The van der Waals surface area contributed by atoms with Crippen LogP contribution in [0.3, 0.4) is 0 Å². The van der Waals surface area contributed by atoms with Gasteiger partial charge < -0.3 is 9.16 Å². The maximum absolute atomic E-state index is 5.50. The Morgan fingerprint density at radius 3 is 2.58 bits per heavy atom. The second-order valence-corrected chi connectivity index (χ2v) is 4.87. The third-order valence-electron chi connectivity index (χ3n) is 1.65. The quantitative estimate of drug-likeness (QED) is 0.427. The molecule has 0 saturated carbocycles. The zero-order valence-electron chi connectivity index (χ0n) is 8.64. The van der Waals surface area contributed by atoms with Gasteiger partial charge in [0.25, 0.3) is 0 Å². The van der Waals surface area contributed by atoms with Crippen LogP contribution in [0.4, 0.5) is 0 Å². The minimum atomic E-state index is -0.239. The van der Waals surface area contributed by atoms with Gasteiger partial charge in [0, 0.05) is 6.61 Å². The van der Waals surface area contributed by atoms with E-state index in [4.69, 9.17) is 9.16 Å². The fourth-order valence-electron chi connectivity index (χ4n) is 0.958. The molecule has 0 aliphatic carbocycles. The number of hydrogen-bond donors (Lipinski definition) is 0. The summed E-state index contributed by atoms with van der Waals surface area (Å²) >= 11 is 0. The van der Waals surface area contributed by atoms with Crippen molar-refractivity contribution in [2.24, 2.45) is 5.92 Å². The van der Waals surface area contributed by atoms with Crippen LogP contribution in [0.5, 0.6) is 0 Å². The minimum Gasteiger partial charge on any atom is -0.422 e. The molecule has 74 valence electrons. The fraction of sp³-hybridized carbons (Fsp3) is 1.00. The van der Waals surface area contributed by atoms with E-state index >= 15 is 0 Å². The topological polar surface area (TPSA) is 18.5 Å². The first-order valence-corrected chi connectivity index (χ1v) is 6.50. The Bertz CT molecular complexity index is 86.6. The van der Waals surface area contributed by atoms with E-state index in [1.807, 2.05) is 6.92 Å². The predicted molar refractivity (Wildman–Crippen MR) is 55.3 cm³/mol. The molecule has 0 aliphatic rings. The molecule has 0 heterocycles. The molecule has 0 aromatic heterocycles. The van der Waals surface area contributed by atoms with Crippen molar-refractivity contribution in [3.05, 3.63) is 0 Å². The molecule has 0 atom stereocenters. The van der Waals surface area contributed by atoms with Crippen LogP contribution < -0.4 is 0 Å². The molecule has 0 amide bonds. The molecule has 2 nitrogen and oxygen atoms in total. The van der Waals surface area contributed by atoms with Crippen molar-refractivity contribution in [2.45, 2.75) is 33.2 Å². The first-order chi connectivity index (χ1) is 5.77. The van der Waals surface area contributed by atoms with E-state index in [9.17, 15) is 0 Å². The first kappa shape index (κ1) is 12.1. The first-order valence-electron chi connectivity index (χ1n) is 4.92. The molecule has 0 rings (SSSR count). The standard InChI is InChI=1S/C9H22O2Si/c1-4-10-6-7-11-12-8-5-9(2)3/h9H,4-8,12H2,1-3H3. The predicted octanol–water partition coefficient (Wildman–Crippen LogP) is 1.59. The highest BCUT2D eigenvalue weighted by atomic mass is 28.2. The van der Waals surface area contributed by atoms with Crippen molar-refractivity contribution in [2.75, 3.05) is 19.8 Å². The minimum absolute atomic E-state index is 0.239. The zero-order valence-corrected chi connectivity index (χ0v) is 10.1. The average Bonchev–Trinajstić information content (AvgIpc) is 2.02. The van der Waals surface area contributed by atoms with Crippen molar-refractivity contribution in [3.8, 4) is 0 Å². The van der Waals surface area contributed by atoms with Gasteiger partial charge in [-0.1, -0.05) is 20.3 Å². The Kier molecular flexibility index (Phi) is 9.33. The lowest BCUT2D eigenvalue weighted by atomic mass is 10.2. The van der Waals surface area contributed by atoms with E-state index in [0.717, 1.165) is 25.7 Å². The van der Waals surface area contributed by atoms with Crippen LogP contribution in [0.15, 0.2) is 0 Å². The highest BCUT2D eigenvalue weighted by molar-refractivity contribution is 6.26. The van der Waals surface area contributed by atoms with E-state index in [2.05, 4.69) is 13.8 Å². The van der Waals surface area contributed by atoms with Gasteiger partial charge in [-0.15, -0.1) is 0 Å². The van der Waals surface area contributed by atoms with Gasteiger partial charge in [-0.05, 0) is 18.9 Å². The molecule has 0 saturated heterocycles. The summed E-state index contributed by atoms with van der Waals surface area (Å²) in [7, 11) is -0.239. The van der Waals surface area contributed by atoms with Gasteiger partial charge >= 0.3 is 0 Å². The highest BCUT2D eigenvalue weighted by Gasteiger charge is 1.94. The molecular weight excluding hydrogens is 168 g/mol. The summed E-state index contributed by atoms with van der Waals surface area (Å²) in [6.07, 6.45) is 1.32. The molecule has 0 aromatic carbocycles. The summed E-state index contributed by atoms with van der Waals surface area (Å²) in [5, 5.41) is 0. The SMILES string of the molecule is CCOCCO[SiH2]CCC(C)C. The van der Waals surface area contributed by atoms with Gasteiger partial charge in [-0.2, -0.15) is 0 Å². The molecule has 0 aromatic rings. The summed E-state index contributed by atoms with van der Waals surface area (Å²) in [4.78, 5) is 0. The van der Waals surface area contributed by atoms with Gasteiger partial charge in [0.05, 0.1) is 13.2 Å². The fourth-order valence-corrected chi connectivity index (χ4v) is 2.47. The molecule has 0 bridgehead atoms. The number of rotatable bonds is 8. The third-order valence-corrected chi connectivity index (χ3v) is 2.92. The van der Waals surface area contributed by atoms with Crippen molar-refractivity contribution in [1.29, 1.82) is 0 Å². The lowest BCUT2D eigenvalue weighted by Gasteiger charge is -2.05. The van der Waals surface area contributed by atoms with Gasteiger partial charge in [0.1, 0.15) is 0 Å². The maximum Gasteiger partial charge on any atom is 0.161 e. The van der Waals surface area contributed by atoms with Gasteiger partial charge in [-0.25, -0.2) is 0 Å². The Morgan fingerprint density at radius 2 is 2.00 bits per heavy atom. The van der Waals surface area contributed by atoms with E-state index in [1.165, 1.54) is 12.5 Å². The Balaban J connectivity index is 2.82. The normalized spacial score (nSPS) is 12.0. The smallest absolute Gasteiger partial charge is 0.161 e. The lowest BCUT2D eigenvalue weighted by molar-refractivity contribution is 0.111. The molecule has 0 radical (unpaired) electrons. The van der Waals surface area contributed by atoms with Crippen LogP contribution in [-0.4, -0.2) is 29.6 Å². The summed E-state index contributed by atoms with van der Waals surface area (Å²) in [5.74, 6) is 0.827. The van der Waals surface area contributed by atoms with Crippen LogP contribution in [0.1, 0.15) is 27.2 Å². The van der Waals surface area contributed by atoms with Crippen LogP contribution in [0.25, 0.3) is 0 Å². The third kappa shape index (κ3) is 10.1. The van der Waals surface area contributed by atoms with Crippen LogP contribution in [-0.2, 0) is 9.16 Å². The van der Waals surface area contributed by atoms with Gasteiger partial charge in [-0.3, -0.25) is 0 Å². The molecule has 3 heteroatoms. The average molecular weight is 190 g/mol. The summed E-state index contributed by atoms with van der Waals surface area (Å²) < 4.78 is 10.7. The highest BCUT2D eigenvalue weighted by Crippen LogP contribution is 2.02. The summed E-state index contributed by atoms with van der Waals surface area (Å²) in [6, 6.07) is 1.31. The van der Waals surface area contributed by atoms with Crippen molar-refractivity contribution in [3.63, 3.8) is 0 Å². The summed E-state index contributed by atoms with van der Waals surface area (Å²) in [5.41, 5.74) is 0. The number of ether oxygens (including phenoxy) is 1. The van der Waals surface area contributed by atoms with Crippen molar-refractivity contribution in [1.82, 2.24) is 0 Å². The second kappa shape index (κ2) is 9.23. The Labute approximate surface area is 78.6 Å². The Hall–Kier alpha value is 0.137. The van der Waals surface area contributed by atoms with Crippen LogP contribution in [0.2, 0.25) is 6.04 Å². The molecular formula is C9H22O2Si. The van der Waals surface area contributed by atoms with E-state index in [-0.39, 0.29) is 9.76 Å².